The molecule has 0 unspecified atom stereocenters. The average molecular weight is 446 g/mol. The van der Waals surface area contributed by atoms with E-state index in [-0.39, 0.29) is 16.9 Å². The molecule has 32 heavy (non-hydrogen) atoms. The van der Waals surface area contributed by atoms with Crippen molar-refractivity contribution in [1.29, 1.82) is 0 Å². The molecular weight excluding hydrogens is 422 g/mol. The van der Waals surface area contributed by atoms with E-state index in [2.05, 4.69) is 10.6 Å². The summed E-state index contributed by atoms with van der Waals surface area (Å²) in [5.74, 6) is -0.344. The predicted molar refractivity (Wildman–Crippen MR) is 131 cm³/mol. The minimum absolute atomic E-state index is 0.0192. The Kier molecular flexibility index (Phi) is 6.89. The SMILES string of the molecule is O=C(/C=C/c1cccc2ccccc12)NC(=S)Nc1ccc(C(=O)N2CCOCC2)cc1. The van der Waals surface area contributed by atoms with E-state index in [0.29, 0.717) is 37.6 Å². The number of thiocarbonyl (C=S) groups is 1. The van der Waals surface area contributed by atoms with Gasteiger partial charge in [-0.3, -0.25) is 14.9 Å². The van der Waals surface area contributed by atoms with Crippen molar-refractivity contribution in [3.8, 4) is 0 Å². The van der Waals surface area contributed by atoms with Crippen LogP contribution in [-0.4, -0.2) is 48.1 Å². The number of benzene rings is 3. The van der Waals surface area contributed by atoms with Crippen LogP contribution in [0, 0.1) is 0 Å². The first-order chi connectivity index (χ1) is 15.6. The van der Waals surface area contributed by atoms with Gasteiger partial charge in [0.05, 0.1) is 13.2 Å². The summed E-state index contributed by atoms with van der Waals surface area (Å²) < 4.78 is 5.28. The van der Waals surface area contributed by atoms with Crippen LogP contribution in [0.1, 0.15) is 15.9 Å². The van der Waals surface area contributed by atoms with Crippen LogP contribution in [-0.2, 0) is 9.53 Å². The molecule has 4 rings (SSSR count). The summed E-state index contributed by atoms with van der Waals surface area (Å²) in [6.07, 6.45) is 3.23. The molecule has 1 aliphatic rings. The zero-order valence-electron chi connectivity index (χ0n) is 17.4. The highest BCUT2D eigenvalue weighted by Gasteiger charge is 2.18. The van der Waals surface area contributed by atoms with E-state index < -0.39 is 0 Å². The predicted octanol–water partition coefficient (Wildman–Crippen LogP) is 3.84. The molecule has 0 aromatic heterocycles. The summed E-state index contributed by atoms with van der Waals surface area (Å²) in [5, 5.41) is 7.98. The zero-order chi connectivity index (χ0) is 22.3. The van der Waals surface area contributed by atoms with E-state index in [0.717, 1.165) is 16.3 Å². The average Bonchev–Trinajstić information content (AvgIpc) is 2.83. The molecule has 1 aliphatic heterocycles. The molecule has 2 amide bonds. The number of nitrogens with zero attached hydrogens (tertiary/aromatic N) is 1. The standard InChI is InChI=1S/C25H23N3O3S/c29-23(13-10-19-6-3-5-18-4-1-2-7-22(18)19)27-25(32)26-21-11-8-20(9-12-21)24(30)28-14-16-31-17-15-28/h1-13H,14-17H2,(H2,26,27,29,32)/b13-10+. The van der Waals surface area contributed by atoms with Gasteiger partial charge in [0.1, 0.15) is 0 Å². The topological polar surface area (TPSA) is 70.7 Å². The monoisotopic (exact) mass is 445 g/mol. The van der Waals surface area contributed by atoms with Crippen LogP contribution in [0.4, 0.5) is 5.69 Å². The van der Waals surface area contributed by atoms with Crippen LogP contribution in [0.15, 0.2) is 72.8 Å². The van der Waals surface area contributed by atoms with Gasteiger partial charge in [0.15, 0.2) is 5.11 Å². The third-order valence-corrected chi connectivity index (χ3v) is 5.37. The molecule has 3 aromatic rings. The quantitative estimate of drug-likeness (QED) is 0.472. The summed E-state index contributed by atoms with van der Waals surface area (Å²) in [4.78, 5) is 26.6. The summed E-state index contributed by atoms with van der Waals surface area (Å²) in [5.41, 5.74) is 2.25. The molecule has 0 radical (unpaired) electrons. The molecule has 3 aromatic carbocycles. The zero-order valence-corrected chi connectivity index (χ0v) is 18.2. The Balaban J connectivity index is 1.32. The van der Waals surface area contributed by atoms with Crippen molar-refractivity contribution in [2.24, 2.45) is 0 Å². The second-order valence-electron chi connectivity index (χ2n) is 7.33. The van der Waals surface area contributed by atoms with Gasteiger partial charge in [0.2, 0.25) is 5.91 Å². The molecule has 0 atom stereocenters. The van der Waals surface area contributed by atoms with Gasteiger partial charge in [-0.15, -0.1) is 0 Å². The third-order valence-electron chi connectivity index (χ3n) is 5.16. The van der Waals surface area contributed by atoms with E-state index >= 15 is 0 Å². The lowest BCUT2D eigenvalue weighted by Gasteiger charge is -2.26. The van der Waals surface area contributed by atoms with E-state index in [9.17, 15) is 9.59 Å². The summed E-state index contributed by atoms with van der Waals surface area (Å²) >= 11 is 5.24. The van der Waals surface area contributed by atoms with Crippen molar-refractivity contribution in [1.82, 2.24) is 10.2 Å². The number of nitrogens with one attached hydrogen (secondary N) is 2. The molecule has 1 saturated heterocycles. The molecule has 6 nitrogen and oxygen atoms in total. The van der Waals surface area contributed by atoms with Gasteiger partial charge < -0.3 is 15.0 Å². The van der Waals surface area contributed by atoms with Gasteiger partial charge in [0, 0.05) is 30.4 Å². The number of carbonyl (C=O) groups excluding carboxylic acids is 2. The lowest BCUT2D eigenvalue weighted by Crippen LogP contribution is -2.40. The number of rotatable bonds is 4. The molecule has 1 fully saturated rings. The Hall–Kier alpha value is -3.55. The molecule has 2 N–H and O–H groups in total. The number of carbonyl (C=O) groups is 2. The number of amides is 2. The largest absolute Gasteiger partial charge is 0.378 e. The molecule has 0 spiro atoms. The fourth-order valence-electron chi connectivity index (χ4n) is 3.52. The van der Waals surface area contributed by atoms with Crippen LogP contribution in [0.5, 0.6) is 0 Å². The highest BCUT2D eigenvalue weighted by atomic mass is 32.1. The van der Waals surface area contributed by atoms with Crippen molar-refractivity contribution in [3.63, 3.8) is 0 Å². The van der Waals surface area contributed by atoms with Crippen LogP contribution in [0.2, 0.25) is 0 Å². The molecule has 0 aliphatic carbocycles. The highest BCUT2D eigenvalue weighted by molar-refractivity contribution is 7.80. The van der Waals surface area contributed by atoms with Gasteiger partial charge in [-0.1, -0.05) is 42.5 Å². The van der Waals surface area contributed by atoms with Crippen molar-refractivity contribution >= 4 is 51.7 Å². The van der Waals surface area contributed by atoms with E-state index in [1.54, 1.807) is 35.2 Å². The van der Waals surface area contributed by atoms with Crippen molar-refractivity contribution < 1.29 is 14.3 Å². The maximum atomic E-state index is 12.5. The summed E-state index contributed by atoms with van der Waals surface area (Å²) in [7, 11) is 0. The van der Waals surface area contributed by atoms with Crippen molar-refractivity contribution in [2.75, 3.05) is 31.6 Å². The molecular formula is C25H23N3O3S. The fraction of sp³-hybridized carbons (Fsp3) is 0.160. The van der Waals surface area contributed by atoms with Gasteiger partial charge in [0.25, 0.3) is 5.91 Å². The minimum Gasteiger partial charge on any atom is -0.378 e. The van der Waals surface area contributed by atoms with Gasteiger partial charge in [-0.05, 0) is 58.9 Å². The number of hydrogen-bond donors (Lipinski definition) is 2. The molecule has 0 saturated carbocycles. The Morgan fingerprint density at radius 1 is 0.938 bits per heavy atom. The van der Waals surface area contributed by atoms with Crippen molar-refractivity contribution in [2.45, 2.75) is 0 Å². The van der Waals surface area contributed by atoms with E-state index in [4.69, 9.17) is 17.0 Å². The third kappa shape index (κ3) is 5.38. The van der Waals surface area contributed by atoms with Crippen LogP contribution < -0.4 is 10.6 Å². The summed E-state index contributed by atoms with van der Waals surface area (Å²) in [6.45, 7) is 2.32. The van der Waals surface area contributed by atoms with Crippen LogP contribution in [0.3, 0.4) is 0 Å². The van der Waals surface area contributed by atoms with Crippen LogP contribution >= 0.6 is 12.2 Å². The van der Waals surface area contributed by atoms with E-state index in [1.165, 1.54) is 6.08 Å². The van der Waals surface area contributed by atoms with E-state index in [1.807, 2.05) is 42.5 Å². The minimum atomic E-state index is -0.324. The summed E-state index contributed by atoms with van der Waals surface area (Å²) in [6, 6.07) is 21.0. The first-order valence-electron chi connectivity index (χ1n) is 10.3. The molecule has 7 heteroatoms. The smallest absolute Gasteiger partial charge is 0.254 e. The number of anilines is 1. The normalized spacial score (nSPS) is 13.8. The fourth-order valence-corrected chi connectivity index (χ4v) is 3.74. The second kappa shape index (κ2) is 10.2. The molecule has 0 bridgehead atoms. The molecule has 1 heterocycles. The molecule has 162 valence electrons. The Morgan fingerprint density at radius 3 is 2.44 bits per heavy atom. The van der Waals surface area contributed by atoms with Gasteiger partial charge >= 0.3 is 0 Å². The Morgan fingerprint density at radius 2 is 1.66 bits per heavy atom. The number of ether oxygens (including phenoxy) is 1. The maximum Gasteiger partial charge on any atom is 0.254 e. The highest BCUT2D eigenvalue weighted by Crippen LogP contribution is 2.19. The Labute approximate surface area is 191 Å². The second-order valence-corrected chi connectivity index (χ2v) is 7.74. The van der Waals surface area contributed by atoms with Crippen molar-refractivity contribution in [3.05, 3.63) is 83.9 Å². The van der Waals surface area contributed by atoms with Crippen LogP contribution in [0.25, 0.3) is 16.8 Å². The van der Waals surface area contributed by atoms with Gasteiger partial charge in [-0.2, -0.15) is 0 Å². The Bertz CT molecular complexity index is 1160. The first kappa shape index (κ1) is 21.7. The lowest BCUT2D eigenvalue weighted by molar-refractivity contribution is -0.115. The number of morpholine rings is 1. The van der Waals surface area contributed by atoms with Gasteiger partial charge in [-0.25, -0.2) is 0 Å². The lowest BCUT2D eigenvalue weighted by atomic mass is 10.0. The number of hydrogen-bond acceptors (Lipinski definition) is 4. The number of fused-ring (bicyclic) bond motifs is 1. The maximum absolute atomic E-state index is 12.5. The first-order valence-corrected chi connectivity index (χ1v) is 10.8.